The van der Waals surface area contributed by atoms with E-state index in [9.17, 15) is 14.3 Å². The van der Waals surface area contributed by atoms with Gasteiger partial charge in [0.2, 0.25) is 0 Å². The topological polar surface area (TPSA) is 116 Å². The summed E-state index contributed by atoms with van der Waals surface area (Å²) in [5.74, 6) is -0.914. The van der Waals surface area contributed by atoms with Gasteiger partial charge in [-0.2, -0.15) is 0 Å². The third-order valence-corrected chi connectivity index (χ3v) is 6.89. The Morgan fingerprint density at radius 2 is 1.85 bits per heavy atom. The lowest BCUT2D eigenvalue weighted by Crippen LogP contribution is -2.24. The zero-order chi connectivity index (χ0) is 27.4. The SMILES string of the molecule is CCc1c(CN[C@H](CO)c2ccccc2)cccc1Nc1c(C(N)=O)cnc2[nH]c(-c3ccc(F)cc3)cc12. The fourth-order valence-electron chi connectivity index (χ4n) is 4.86. The molecule has 0 saturated carbocycles. The Hall–Kier alpha value is -4.53. The number of pyridine rings is 1. The summed E-state index contributed by atoms with van der Waals surface area (Å²) in [5.41, 5.74) is 12.7. The maximum absolute atomic E-state index is 13.5. The number of nitrogens with two attached hydrogens (primary N) is 1. The first-order valence-electron chi connectivity index (χ1n) is 12.8. The van der Waals surface area contributed by atoms with Crippen molar-refractivity contribution in [3.8, 4) is 11.3 Å². The molecule has 6 N–H and O–H groups in total. The Morgan fingerprint density at radius 3 is 2.54 bits per heavy atom. The summed E-state index contributed by atoms with van der Waals surface area (Å²) in [5, 5.41) is 17.6. The van der Waals surface area contributed by atoms with Gasteiger partial charge in [0.1, 0.15) is 11.5 Å². The quantitative estimate of drug-likeness (QED) is 0.163. The number of rotatable bonds is 10. The number of nitrogens with one attached hydrogen (secondary N) is 3. The fourth-order valence-corrected chi connectivity index (χ4v) is 4.86. The van der Waals surface area contributed by atoms with Crippen LogP contribution in [0.15, 0.2) is 85.1 Å². The molecule has 0 aliphatic heterocycles. The van der Waals surface area contributed by atoms with E-state index in [1.807, 2.05) is 48.5 Å². The number of fused-ring (bicyclic) bond motifs is 1. The Labute approximate surface area is 225 Å². The average Bonchev–Trinajstić information content (AvgIpc) is 3.39. The number of halogens is 1. The molecule has 0 bridgehead atoms. The van der Waals surface area contributed by atoms with Gasteiger partial charge in [-0.15, -0.1) is 0 Å². The Morgan fingerprint density at radius 1 is 1.08 bits per heavy atom. The maximum Gasteiger partial charge on any atom is 0.252 e. The summed E-state index contributed by atoms with van der Waals surface area (Å²) >= 11 is 0. The largest absolute Gasteiger partial charge is 0.394 e. The van der Waals surface area contributed by atoms with Crippen molar-refractivity contribution in [3.63, 3.8) is 0 Å². The highest BCUT2D eigenvalue weighted by Crippen LogP contribution is 2.34. The molecule has 0 aliphatic carbocycles. The smallest absolute Gasteiger partial charge is 0.252 e. The van der Waals surface area contributed by atoms with Crippen LogP contribution < -0.4 is 16.4 Å². The molecule has 3 aromatic carbocycles. The molecule has 0 fully saturated rings. The van der Waals surface area contributed by atoms with Crippen molar-refractivity contribution in [3.05, 3.63) is 113 Å². The number of nitrogens with zero attached hydrogens (tertiary/aromatic N) is 1. The molecule has 0 aliphatic rings. The number of amides is 1. The maximum atomic E-state index is 13.5. The number of aromatic amines is 1. The molecule has 0 saturated heterocycles. The number of primary amides is 1. The summed E-state index contributed by atoms with van der Waals surface area (Å²) in [6.07, 6.45) is 2.20. The fraction of sp³-hybridized carbons (Fsp3) is 0.161. The normalized spacial score (nSPS) is 12.0. The third-order valence-electron chi connectivity index (χ3n) is 6.89. The van der Waals surface area contributed by atoms with E-state index in [1.165, 1.54) is 18.3 Å². The van der Waals surface area contributed by atoms with Gasteiger partial charge in [-0.3, -0.25) is 4.79 Å². The molecule has 2 heterocycles. The zero-order valence-corrected chi connectivity index (χ0v) is 21.5. The van der Waals surface area contributed by atoms with Crippen molar-refractivity contribution >= 4 is 28.3 Å². The lowest BCUT2D eigenvalue weighted by molar-refractivity contribution is 0.100. The number of aliphatic hydroxyl groups excluding tert-OH is 1. The minimum absolute atomic E-state index is 0.0236. The second kappa shape index (κ2) is 11.5. The van der Waals surface area contributed by atoms with E-state index >= 15 is 0 Å². The van der Waals surface area contributed by atoms with Crippen LogP contribution >= 0.6 is 0 Å². The van der Waals surface area contributed by atoms with Crippen molar-refractivity contribution in [1.29, 1.82) is 0 Å². The molecule has 39 heavy (non-hydrogen) atoms. The molecule has 1 atom stereocenters. The summed E-state index contributed by atoms with van der Waals surface area (Å²) in [6.45, 7) is 2.60. The predicted octanol–water partition coefficient (Wildman–Crippen LogP) is 5.60. The second-order valence-corrected chi connectivity index (χ2v) is 9.31. The molecule has 5 aromatic rings. The van der Waals surface area contributed by atoms with Crippen LogP contribution in [-0.2, 0) is 13.0 Å². The number of benzene rings is 3. The highest BCUT2D eigenvalue weighted by atomic mass is 19.1. The summed E-state index contributed by atoms with van der Waals surface area (Å²) in [6, 6.07) is 23.7. The first kappa shape index (κ1) is 26.1. The minimum atomic E-state index is -0.596. The number of aromatic nitrogens is 2. The lowest BCUT2D eigenvalue weighted by Gasteiger charge is -2.20. The van der Waals surface area contributed by atoms with E-state index in [4.69, 9.17) is 5.73 Å². The highest BCUT2D eigenvalue weighted by molar-refractivity contribution is 6.08. The summed E-state index contributed by atoms with van der Waals surface area (Å²) < 4.78 is 13.5. The number of carbonyl (C=O) groups is 1. The van der Waals surface area contributed by atoms with Crippen LogP contribution in [0, 0.1) is 5.82 Å². The molecule has 0 spiro atoms. The molecule has 0 radical (unpaired) electrons. The van der Waals surface area contributed by atoms with Crippen LogP contribution in [0.1, 0.15) is 40.0 Å². The van der Waals surface area contributed by atoms with Gasteiger partial charge >= 0.3 is 0 Å². The molecule has 8 heteroatoms. The second-order valence-electron chi connectivity index (χ2n) is 9.31. The van der Waals surface area contributed by atoms with E-state index in [-0.39, 0.29) is 24.0 Å². The monoisotopic (exact) mass is 523 g/mol. The van der Waals surface area contributed by atoms with Gasteiger partial charge in [-0.1, -0.05) is 49.4 Å². The summed E-state index contributed by atoms with van der Waals surface area (Å²) in [7, 11) is 0. The van der Waals surface area contributed by atoms with E-state index in [1.54, 1.807) is 12.1 Å². The summed E-state index contributed by atoms with van der Waals surface area (Å²) in [4.78, 5) is 20.1. The van der Waals surface area contributed by atoms with Crippen LogP contribution in [0.3, 0.4) is 0 Å². The molecule has 198 valence electrons. The number of hydrogen-bond donors (Lipinski definition) is 5. The first-order chi connectivity index (χ1) is 19.0. The number of aliphatic hydroxyl groups is 1. The van der Waals surface area contributed by atoms with E-state index in [2.05, 4.69) is 33.6 Å². The van der Waals surface area contributed by atoms with Gasteiger partial charge < -0.3 is 26.5 Å². The van der Waals surface area contributed by atoms with Crippen molar-refractivity contribution in [2.24, 2.45) is 5.73 Å². The minimum Gasteiger partial charge on any atom is -0.394 e. The predicted molar refractivity (Wildman–Crippen MR) is 152 cm³/mol. The van der Waals surface area contributed by atoms with E-state index < -0.39 is 5.91 Å². The molecular weight excluding hydrogens is 493 g/mol. The van der Waals surface area contributed by atoms with Gasteiger partial charge in [-0.05, 0) is 65.1 Å². The lowest BCUT2D eigenvalue weighted by atomic mass is 10.0. The van der Waals surface area contributed by atoms with Crippen LogP contribution in [0.4, 0.5) is 15.8 Å². The Bertz CT molecular complexity index is 1600. The van der Waals surface area contributed by atoms with Gasteiger partial charge in [0.25, 0.3) is 5.91 Å². The van der Waals surface area contributed by atoms with E-state index in [0.717, 1.165) is 40.1 Å². The number of carbonyl (C=O) groups excluding carboxylic acids is 1. The number of H-pyrrole nitrogens is 1. The zero-order valence-electron chi connectivity index (χ0n) is 21.5. The molecular formula is C31H30FN5O2. The first-order valence-corrected chi connectivity index (χ1v) is 12.8. The molecule has 0 unspecified atom stereocenters. The van der Waals surface area contributed by atoms with Gasteiger partial charge in [0, 0.05) is 29.5 Å². The van der Waals surface area contributed by atoms with Crippen molar-refractivity contribution in [2.75, 3.05) is 11.9 Å². The van der Waals surface area contributed by atoms with Crippen LogP contribution in [0.5, 0.6) is 0 Å². The Balaban J connectivity index is 1.50. The molecule has 2 aromatic heterocycles. The van der Waals surface area contributed by atoms with Crippen molar-refractivity contribution in [1.82, 2.24) is 15.3 Å². The highest BCUT2D eigenvalue weighted by Gasteiger charge is 2.18. The molecule has 1 amide bonds. The standard InChI is InChI=1S/C31H30FN5O2/c1-2-23-21(16-34-28(18-38)19-7-4-3-5-8-19)9-6-10-26(23)36-29-24-15-27(20-11-13-22(32)14-12-20)37-31(24)35-17-25(29)30(33)39/h3-15,17,28,34,38H,2,16,18H2,1H3,(H2,33,39)(H2,35,36,37)/t28-/m1/s1. The van der Waals surface area contributed by atoms with Gasteiger partial charge in [0.15, 0.2) is 0 Å². The number of hydrogen-bond acceptors (Lipinski definition) is 5. The van der Waals surface area contributed by atoms with Crippen molar-refractivity contribution in [2.45, 2.75) is 25.9 Å². The average molecular weight is 524 g/mol. The van der Waals surface area contributed by atoms with Gasteiger partial charge in [-0.25, -0.2) is 9.37 Å². The van der Waals surface area contributed by atoms with Crippen LogP contribution in [0.25, 0.3) is 22.3 Å². The third kappa shape index (κ3) is 5.52. The van der Waals surface area contributed by atoms with E-state index in [0.29, 0.717) is 23.3 Å². The van der Waals surface area contributed by atoms with Crippen LogP contribution in [-0.4, -0.2) is 27.6 Å². The Kier molecular flexibility index (Phi) is 7.67. The number of anilines is 2. The van der Waals surface area contributed by atoms with Crippen LogP contribution in [0.2, 0.25) is 0 Å². The molecule has 5 rings (SSSR count). The van der Waals surface area contributed by atoms with Gasteiger partial charge in [0.05, 0.1) is 23.9 Å². The van der Waals surface area contributed by atoms with Crippen molar-refractivity contribution < 1.29 is 14.3 Å². The molecule has 7 nitrogen and oxygen atoms in total.